The Kier molecular flexibility index (Phi) is 5.51. The van der Waals surface area contributed by atoms with Crippen LogP contribution in [-0.2, 0) is 9.53 Å². The molecule has 0 aromatic carbocycles. The van der Waals surface area contributed by atoms with Gasteiger partial charge in [0.2, 0.25) is 0 Å². The van der Waals surface area contributed by atoms with Crippen LogP contribution in [0.4, 0.5) is 23.7 Å². The van der Waals surface area contributed by atoms with Gasteiger partial charge in [-0.15, -0.1) is 0 Å². The normalized spacial score (nSPS) is 29.2. The lowest BCUT2D eigenvalue weighted by atomic mass is 9.88. The lowest BCUT2D eigenvalue weighted by Gasteiger charge is -2.45. The van der Waals surface area contributed by atoms with E-state index in [2.05, 4.69) is 4.98 Å². The maximum Gasteiger partial charge on any atom is 0.393 e. The summed E-state index contributed by atoms with van der Waals surface area (Å²) >= 11 is 0. The molecule has 0 spiro atoms. The van der Waals surface area contributed by atoms with Gasteiger partial charge in [0, 0.05) is 63.2 Å². The minimum atomic E-state index is -4.15. The molecule has 1 aromatic rings. The number of fused-ring (bicyclic) bond motifs is 1. The van der Waals surface area contributed by atoms with Crippen molar-refractivity contribution in [2.24, 2.45) is 11.8 Å². The molecule has 4 aliphatic heterocycles. The number of urea groups is 1. The number of Topliss-reactive ketones (excluding diaryl/α,β-unsaturated/α-hetero) is 1. The molecule has 4 saturated heterocycles. The van der Waals surface area contributed by atoms with Crippen molar-refractivity contribution in [1.82, 2.24) is 14.8 Å². The van der Waals surface area contributed by atoms with E-state index in [0.29, 0.717) is 44.8 Å². The highest BCUT2D eigenvalue weighted by Gasteiger charge is 2.44. The van der Waals surface area contributed by atoms with Gasteiger partial charge >= 0.3 is 12.2 Å². The second-order valence-corrected chi connectivity index (χ2v) is 9.39. The fraction of sp³-hybridized carbons (Fsp3) is 0.682. The Morgan fingerprint density at radius 3 is 2.56 bits per heavy atom. The van der Waals surface area contributed by atoms with Crippen LogP contribution in [0.3, 0.4) is 0 Å². The minimum Gasteiger partial charge on any atom is -0.370 e. The molecule has 0 bridgehead atoms. The quantitative estimate of drug-likeness (QED) is 0.691. The Balaban J connectivity index is 1.12. The number of nitrogens with zero attached hydrogens (tertiary/aromatic N) is 4. The second kappa shape index (κ2) is 8.20. The summed E-state index contributed by atoms with van der Waals surface area (Å²) in [5.41, 5.74) is 1.56. The van der Waals surface area contributed by atoms with Gasteiger partial charge in [-0.1, -0.05) is 0 Å². The van der Waals surface area contributed by atoms with Crippen molar-refractivity contribution in [3.8, 4) is 0 Å². The summed E-state index contributed by atoms with van der Waals surface area (Å²) in [4.78, 5) is 34.3. The lowest BCUT2D eigenvalue weighted by Crippen LogP contribution is -2.58. The number of halogens is 3. The van der Waals surface area contributed by atoms with Gasteiger partial charge in [0.15, 0.2) is 5.78 Å². The summed E-state index contributed by atoms with van der Waals surface area (Å²) in [5.74, 6) is -0.965. The van der Waals surface area contributed by atoms with E-state index < -0.39 is 12.1 Å². The van der Waals surface area contributed by atoms with E-state index in [1.807, 2.05) is 17.0 Å². The minimum absolute atomic E-state index is 0.00963. The van der Waals surface area contributed by atoms with Crippen molar-refractivity contribution in [2.45, 2.75) is 37.5 Å². The zero-order chi connectivity index (χ0) is 22.5. The third-order valence-corrected chi connectivity index (χ3v) is 7.24. The molecule has 32 heavy (non-hydrogen) atoms. The number of ether oxygens (including phenoxy) is 1. The van der Waals surface area contributed by atoms with E-state index in [0.717, 1.165) is 12.1 Å². The molecule has 2 amide bonds. The van der Waals surface area contributed by atoms with E-state index in [1.54, 1.807) is 16.0 Å². The third-order valence-electron chi connectivity index (χ3n) is 7.24. The predicted molar refractivity (Wildman–Crippen MR) is 109 cm³/mol. The lowest BCUT2D eigenvalue weighted by molar-refractivity contribution is -0.168. The molecule has 1 aromatic heterocycles. The van der Waals surface area contributed by atoms with Crippen molar-refractivity contribution >= 4 is 17.5 Å². The fourth-order valence-corrected chi connectivity index (χ4v) is 5.26. The van der Waals surface area contributed by atoms with Gasteiger partial charge in [-0.2, -0.15) is 13.2 Å². The number of carbonyl (C=O) groups is 2. The van der Waals surface area contributed by atoms with E-state index in [1.165, 1.54) is 0 Å². The molecule has 1 unspecified atom stereocenters. The smallest absolute Gasteiger partial charge is 0.370 e. The van der Waals surface area contributed by atoms with Crippen LogP contribution in [0.15, 0.2) is 18.3 Å². The number of hydrogen-bond donors (Lipinski definition) is 0. The van der Waals surface area contributed by atoms with Crippen molar-refractivity contribution in [2.75, 3.05) is 50.8 Å². The van der Waals surface area contributed by atoms with Crippen LogP contribution in [0.25, 0.3) is 0 Å². The summed E-state index contributed by atoms with van der Waals surface area (Å²) in [7, 11) is 0. The summed E-state index contributed by atoms with van der Waals surface area (Å²) in [6.45, 7) is 2.89. The van der Waals surface area contributed by atoms with Gasteiger partial charge in [-0.3, -0.25) is 9.78 Å². The number of hydrogen-bond acceptors (Lipinski definition) is 5. The van der Waals surface area contributed by atoms with Gasteiger partial charge in [0.05, 0.1) is 23.9 Å². The molecule has 4 aliphatic rings. The number of ketones is 1. The van der Waals surface area contributed by atoms with Gasteiger partial charge in [0.25, 0.3) is 0 Å². The molecule has 5 rings (SSSR count). The third kappa shape index (κ3) is 4.16. The van der Waals surface area contributed by atoms with Gasteiger partial charge in [0.1, 0.15) is 6.61 Å². The number of amides is 2. The molecular formula is C22H27F3N4O3. The van der Waals surface area contributed by atoms with Crippen LogP contribution in [0.2, 0.25) is 0 Å². The molecule has 3 atom stereocenters. The molecule has 0 radical (unpaired) electrons. The number of alkyl halides is 3. The van der Waals surface area contributed by atoms with Gasteiger partial charge in [-0.05, 0) is 25.0 Å². The maximum atomic E-state index is 12.9. The number of anilines is 1. The highest BCUT2D eigenvalue weighted by Crippen LogP contribution is 2.36. The van der Waals surface area contributed by atoms with Crippen LogP contribution in [0.5, 0.6) is 0 Å². The number of likely N-dealkylation sites (tertiary alicyclic amines) is 2. The highest BCUT2D eigenvalue weighted by molar-refractivity contribution is 5.81. The number of rotatable bonds is 2. The van der Waals surface area contributed by atoms with E-state index in [-0.39, 0.29) is 49.3 Å². The summed E-state index contributed by atoms with van der Waals surface area (Å²) in [6.07, 6.45) is -1.08. The Bertz CT molecular complexity index is 872. The molecule has 4 fully saturated rings. The molecule has 5 heterocycles. The van der Waals surface area contributed by atoms with E-state index >= 15 is 0 Å². The van der Waals surface area contributed by atoms with Crippen LogP contribution in [-0.4, -0.2) is 84.8 Å². The zero-order valence-electron chi connectivity index (χ0n) is 17.8. The Hall–Kier alpha value is -2.36. The van der Waals surface area contributed by atoms with Crippen LogP contribution in [0, 0.1) is 11.8 Å². The molecule has 10 heteroatoms. The maximum absolute atomic E-state index is 12.9. The number of pyridine rings is 1. The van der Waals surface area contributed by atoms with Crippen LogP contribution >= 0.6 is 0 Å². The Labute approximate surface area is 184 Å². The van der Waals surface area contributed by atoms with Crippen LogP contribution < -0.4 is 4.90 Å². The summed E-state index contributed by atoms with van der Waals surface area (Å²) < 4.78 is 44.3. The standard InChI is InChI=1S/C22H27F3N4O3/c23-22(24,25)16-3-5-27(12-16)17-1-2-19(26-8-17)15-10-29(11-15)21(31)28-6-4-20-14(9-28)7-18(30)13-32-20/h1-2,8,14-16,20H,3-7,9-13H2/t14-,16?,20+/m1/s1. The summed E-state index contributed by atoms with van der Waals surface area (Å²) in [5, 5.41) is 0. The Morgan fingerprint density at radius 2 is 1.88 bits per heavy atom. The predicted octanol–water partition coefficient (Wildman–Crippen LogP) is 2.67. The Morgan fingerprint density at radius 1 is 1.06 bits per heavy atom. The average Bonchev–Trinajstić information content (AvgIpc) is 3.23. The second-order valence-electron chi connectivity index (χ2n) is 9.39. The number of carbonyl (C=O) groups excluding carboxylic acids is 2. The topological polar surface area (TPSA) is 66.0 Å². The number of aromatic nitrogens is 1. The first-order valence-electron chi connectivity index (χ1n) is 11.2. The molecule has 174 valence electrons. The first-order valence-corrected chi connectivity index (χ1v) is 11.2. The first-order chi connectivity index (χ1) is 15.3. The average molecular weight is 452 g/mol. The van der Waals surface area contributed by atoms with E-state index in [4.69, 9.17) is 4.74 Å². The molecule has 7 nitrogen and oxygen atoms in total. The summed E-state index contributed by atoms with van der Waals surface area (Å²) in [6, 6.07) is 3.68. The largest absolute Gasteiger partial charge is 0.393 e. The molecule has 0 saturated carbocycles. The molecule has 0 aliphatic carbocycles. The monoisotopic (exact) mass is 452 g/mol. The SMILES string of the molecule is O=C1CO[C@H]2CCN(C(=O)N3CC(c4ccc(N5CCC(C(F)(F)F)C5)cn4)C3)C[C@H]2C1. The van der Waals surface area contributed by atoms with Gasteiger partial charge in [-0.25, -0.2) is 4.79 Å². The number of piperidine rings is 1. The van der Waals surface area contributed by atoms with Crippen LogP contribution in [0.1, 0.15) is 30.9 Å². The fourth-order valence-electron chi connectivity index (χ4n) is 5.26. The van der Waals surface area contributed by atoms with Crippen molar-refractivity contribution in [1.29, 1.82) is 0 Å². The van der Waals surface area contributed by atoms with Crippen molar-refractivity contribution in [3.05, 3.63) is 24.0 Å². The van der Waals surface area contributed by atoms with Crippen molar-refractivity contribution in [3.63, 3.8) is 0 Å². The molecule has 0 N–H and O–H groups in total. The molecular weight excluding hydrogens is 425 g/mol. The zero-order valence-corrected chi connectivity index (χ0v) is 17.8. The van der Waals surface area contributed by atoms with E-state index in [9.17, 15) is 22.8 Å². The van der Waals surface area contributed by atoms with Crippen molar-refractivity contribution < 1.29 is 27.5 Å². The highest BCUT2D eigenvalue weighted by atomic mass is 19.4. The first kappa shape index (κ1) is 21.5. The van der Waals surface area contributed by atoms with Gasteiger partial charge < -0.3 is 19.4 Å².